The second-order valence-corrected chi connectivity index (χ2v) is 8.92. The van der Waals surface area contributed by atoms with Gasteiger partial charge in [0.2, 0.25) is 10.0 Å². The highest BCUT2D eigenvalue weighted by molar-refractivity contribution is 7.89. The first-order chi connectivity index (χ1) is 11.9. The van der Waals surface area contributed by atoms with E-state index < -0.39 is 10.0 Å². The summed E-state index contributed by atoms with van der Waals surface area (Å²) in [6.07, 6.45) is 2.55. The van der Waals surface area contributed by atoms with Gasteiger partial charge in [-0.05, 0) is 43.2 Å². The molecule has 25 heavy (non-hydrogen) atoms. The summed E-state index contributed by atoms with van der Waals surface area (Å²) in [7, 11) is -3.38. The second-order valence-electron chi connectivity index (χ2n) is 6.98. The average molecular weight is 368 g/mol. The van der Waals surface area contributed by atoms with Crippen molar-refractivity contribution in [3.05, 3.63) is 30.3 Å². The van der Waals surface area contributed by atoms with Crippen molar-refractivity contribution >= 4 is 16.1 Å². The van der Waals surface area contributed by atoms with Crippen molar-refractivity contribution in [3.63, 3.8) is 0 Å². The number of nitrogens with one attached hydrogen (secondary N) is 2. The SMILES string of the molecule is CC(C)CNC(=O)NCCC1CCN(S(=O)(=O)c2ccccc2)CC1. The summed E-state index contributed by atoms with van der Waals surface area (Å²) in [6, 6.07) is 8.46. The van der Waals surface area contributed by atoms with Crippen LogP contribution >= 0.6 is 0 Å². The number of rotatable bonds is 7. The van der Waals surface area contributed by atoms with Gasteiger partial charge in [0.05, 0.1) is 4.90 Å². The molecule has 1 aliphatic heterocycles. The fraction of sp³-hybridized carbons (Fsp3) is 0.611. The van der Waals surface area contributed by atoms with E-state index in [-0.39, 0.29) is 6.03 Å². The maximum atomic E-state index is 12.6. The molecule has 1 saturated heterocycles. The zero-order valence-electron chi connectivity index (χ0n) is 15.1. The van der Waals surface area contributed by atoms with Gasteiger partial charge in [0.1, 0.15) is 0 Å². The van der Waals surface area contributed by atoms with Gasteiger partial charge in [0.15, 0.2) is 0 Å². The highest BCUT2D eigenvalue weighted by Crippen LogP contribution is 2.25. The van der Waals surface area contributed by atoms with Crippen molar-refractivity contribution in [1.29, 1.82) is 0 Å². The van der Waals surface area contributed by atoms with Crippen molar-refractivity contribution in [1.82, 2.24) is 14.9 Å². The Kier molecular flexibility index (Phi) is 7.25. The number of hydrogen-bond acceptors (Lipinski definition) is 3. The van der Waals surface area contributed by atoms with E-state index in [1.54, 1.807) is 28.6 Å². The summed E-state index contributed by atoms with van der Waals surface area (Å²) in [5, 5.41) is 5.70. The van der Waals surface area contributed by atoms with Crippen LogP contribution in [0.25, 0.3) is 0 Å². The lowest BCUT2D eigenvalue weighted by atomic mass is 9.95. The van der Waals surface area contributed by atoms with Crippen molar-refractivity contribution in [3.8, 4) is 0 Å². The van der Waals surface area contributed by atoms with E-state index in [2.05, 4.69) is 24.5 Å². The third kappa shape index (κ3) is 6.01. The molecule has 1 aromatic carbocycles. The largest absolute Gasteiger partial charge is 0.338 e. The number of carbonyl (C=O) groups excluding carboxylic acids is 1. The molecule has 1 heterocycles. The third-order valence-corrected chi connectivity index (χ3v) is 6.38. The fourth-order valence-electron chi connectivity index (χ4n) is 2.93. The molecule has 0 unspecified atom stereocenters. The van der Waals surface area contributed by atoms with E-state index in [1.807, 2.05) is 6.07 Å². The van der Waals surface area contributed by atoms with E-state index in [0.29, 0.717) is 42.9 Å². The monoisotopic (exact) mass is 367 g/mol. The Hall–Kier alpha value is -1.60. The number of sulfonamides is 1. The summed E-state index contributed by atoms with van der Waals surface area (Å²) >= 11 is 0. The zero-order valence-corrected chi connectivity index (χ0v) is 15.9. The quantitative estimate of drug-likeness (QED) is 0.777. The van der Waals surface area contributed by atoms with Gasteiger partial charge in [-0.1, -0.05) is 32.0 Å². The van der Waals surface area contributed by atoms with Gasteiger partial charge in [-0.2, -0.15) is 4.31 Å². The Morgan fingerprint density at radius 1 is 1.16 bits per heavy atom. The summed E-state index contributed by atoms with van der Waals surface area (Å²) in [5.74, 6) is 0.884. The normalized spacial score (nSPS) is 16.8. The first-order valence-corrected chi connectivity index (χ1v) is 10.4. The Bertz CT molecular complexity index is 639. The molecule has 2 amide bonds. The molecular formula is C18H29N3O3S. The van der Waals surface area contributed by atoms with Crippen molar-refractivity contribution < 1.29 is 13.2 Å². The van der Waals surface area contributed by atoms with E-state index in [9.17, 15) is 13.2 Å². The molecule has 1 aromatic rings. The fourth-order valence-corrected chi connectivity index (χ4v) is 4.42. The summed E-state index contributed by atoms with van der Waals surface area (Å²) in [6.45, 7) is 6.49. The maximum absolute atomic E-state index is 12.6. The smallest absolute Gasteiger partial charge is 0.314 e. The molecule has 6 nitrogen and oxygen atoms in total. The molecule has 2 N–H and O–H groups in total. The van der Waals surface area contributed by atoms with Crippen LogP contribution in [-0.4, -0.2) is 44.9 Å². The molecule has 0 atom stereocenters. The van der Waals surface area contributed by atoms with Gasteiger partial charge >= 0.3 is 6.03 Å². The molecule has 7 heteroatoms. The maximum Gasteiger partial charge on any atom is 0.314 e. The number of urea groups is 1. The lowest BCUT2D eigenvalue weighted by Crippen LogP contribution is -2.40. The third-order valence-electron chi connectivity index (χ3n) is 4.46. The van der Waals surface area contributed by atoms with E-state index >= 15 is 0 Å². The van der Waals surface area contributed by atoms with E-state index in [0.717, 1.165) is 19.3 Å². The van der Waals surface area contributed by atoms with Crippen LogP contribution in [0.15, 0.2) is 35.2 Å². The number of amides is 2. The van der Waals surface area contributed by atoms with Crippen LogP contribution < -0.4 is 10.6 Å². The van der Waals surface area contributed by atoms with Gasteiger partial charge < -0.3 is 10.6 Å². The highest BCUT2D eigenvalue weighted by Gasteiger charge is 2.29. The first-order valence-electron chi connectivity index (χ1n) is 8.96. The zero-order chi connectivity index (χ0) is 18.3. The molecule has 0 aliphatic carbocycles. The number of piperidine rings is 1. The minimum absolute atomic E-state index is 0.127. The lowest BCUT2D eigenvalue weighted by molar-refractivity contribution is 0.235. The lowest BCUT2D eigenvalue weighted by Gasteiger charge is -2.31. The van der Waals surface area contributed by atoms with E-state index in [1.165, 1.54) is 0 Å². The summed E-state index contributed by atoms with van der Waals surface area (Å²) in [4.78, 5) is 12.0. The van der Waals surface area contributed by atoms with Crippen LogP contribution in [-0.2, 0) is 10.0 Å². The van der Waals surface area contributed by atoms with Crippen LogP contribution in [0.3, 0.4) is 0 Å². The summed E-state index contributed by atoms with van der Waals surface area (Å²) in [5.41, 5.74) is 0. The van der Waals surface area contributed by atoms with Crippen LogP contribution in [0, 0.1) is 11.8 Å². The number of benzene rings is 1. The average Bonchev–Trinajstić information content (AvgIpc) is 2.61. The van der Waals surface area contributed by atoms with Gasteiger partial charge in [-0.3, -0.25) is 0 Å². The number of carbonyl (C=O) groups is 1. The predicted molar refractivity (Wildman–Crippen MR) is 98.8 cm³/mol. The highest BCUT2D eigenvalue weighted by atomic mass is 32.2. The Balaban J connectivity index is 1.72. The van der Waals surface area contributed by atoms with Gasteiger partial charge in [0, 0.05) is 26.2 Å². The van der Waals surface area contributed by atoms with Gasteiger partial charge in [-0.15, -0.1) is 0 Å². The molecule has 0 aromatic heterocycles. The molecule has 2 rings (SSSR count). The number of nitrogens with zero attached hydrogens (tertiary/aromatic N) is 1. The first kappa shape index (κ1) is 19.7. The van der Waals surface area contributed by atoms with Crippen LogP contribution in [0.1, 0.15) is 33.1 Å². The van der Waals surface area contributed by atoms with Gasteiger partial charge in [-0.25, -0.2) is 13.2 Å². The molecule has 1 fully saturated rings. The van der Waals surface area contributed by atoms with Gasteiger partial charge in [0.25, 0.3) is 0 Å². The molecular weight excluding hydrogens is 338 g/mol. The van der Waals surface area contributed by atoms with E-state index in [4.69, 9.17) is 0 Å². The molecule has 0 bridgehead atoms. The molecule has 140 valence electrons. The van der Waals surface area contributed by atoms with Crippen LogP contribution in [0.4, 0.5) is 4.79 Å². The summed E-state index contributed by atoms with van der Waals surface area (Å²) < 4.78 is 26.7. The predicted octanol–water partition coefficient (Wildman–Crippen LogP) is 2.43. The number of hydrogen-bond donors (Lipinski definition) is 2. The topological polar surface area (TPSA) is 78.5 Å². The van der Waals surface area contributed by atoms with Crippen LogP contribution in [0.2, 0.25) is 0 Å². The second kappa shape index (κ2) is 9.20. The van der Waals surface area contributed by atoms with Crippen LogP contribution in [0.5, 0.6) is 0 Å². The minimum Gasteiger partial charge on any atom is -0.338 e. The standard InChI is InChI=1S/C18H29N3O3S/c1-15(2)14-20-18(22)19-11-8-16-9-12-21(13-10-16)25(23,24)17-6-4-3-5-7-17/h3-7,15-16H,8-14H2,1-2H3,(H2,19,20,22). The molecule has 0 spiro atoms. The minimum atomic E-state index is -3.38. The molecule has 0 saturated carbocycles. The Morgan fingerprint density at radius 2 is 1.80 bits per heavy atom. The Morgan fingerprint density at radius 3 is 2.40 bits per heavy atom. The van der Waals surface area contributed by atoms with Crippen molar-refractivity contribution in [2.45, 2.75) is 38.0 Å². The van der Waals surface area contributed by atoms with Crippen molar-refractivity contribution in [2.75, 3.05) is 26.2 Å². The Labute approximate surface area is 151 Å². The molecule has 0 radical (unpaired) electrons. The van der Waals surface area contributed by atoms with Crippen molar-refractivity contribution in [2.24, 2.45) is 11.8 Å². The molecule has 1 aliphatic rings.